The molecule has 1 aromatic carbocycles. The molecular weight excluding hydrogens is 396 g/mol. The highest BCUT2D eigenvalue weighted by Crippen LogP contribution is 2.25. The molecule has 10 heteroatoms. The smallest absolute Gasteiger partial charge is 0.180 e. The third kappa shape index (κ3) is 4.55. The van der Waals surface area contributed by atoms with Crippen LogP contribution in [0.1, 0.15) is 0 Å². The average molecular weight is 420 g/mol. The van der Waals surface area contributed by atoms with Crippen LogP contribution < -0.4 is 16.0 Å². The zero-order chi connectivity index (χ0) is 21.6. The quantitative estimate of drug-likeness (QED) is 0.454. The molecule has 1 fully saturated rings. The molecule has 1 saturated heterocycles. The average Bonchev–Trinajstić information content (AvgIpc) is 3.31. The first-order valence-corrected chi connectivity index (χ1v) is 9.82. The van der Waals surface area contributed by atoms with Crippen molar-refractivity contribution >= 4 is 28.7 Å². The maximum absolute atomic E-state index is 7.00. The first-order valence-electron chi connectivity index (χ1n) is 9.82. The van der Waals surface area contributed by atoms with Crippen LogP contribution in [0.3, 0.4) is 0 Å². The summed E-state index contributed by atoms with van der Waals surface area (Å²) >= 11 is 0. The Morgan fingerprint density at radius 1 is 1.03 bits per heavy atom. The van der Waals surface area contributed by atoms with Gasteiger partial charge in [-0.15, -0.1) is 0 Å². The summed E-state index contributed by atoms with van der Waals surface area (Å²) in [6.07, 6.45) is 8.61. The minimum Gasteiger partial charge on any atom is -0.400 e. The fourth-order valence-electron chi connectivity index (χ4n) is 3.36. The number of nitrogens with zero attached hydrogens (tertiary/aromatic N) is 6. The molecule has 0 unspecified atom stereocenters. The standard InChI is InChI=1S/C20H20N8O.CH4O/c21-18-12-22-11-16(25-18)17-13-28-6-5-23-20(28)19(26-17)24-14-1-3-15(4-2-14)27-7-9-29-10-8-27;1-2/h1-6,11-13H,7-10H2,(H2,21,25)(H,24,26);2H,1H3. The third-order valence-corrected chi connectivity index (χ3v) is 4.80. The molecule has 0 radical (unpaired) electrons. The van der Waals surface area contributed by atoms with E-state index in [1.807, 2.05) is 28.9 Å². The number of nitrogens with two attached hydrogens (primary N) is 1. The Bertz CT molecular complexity index is 1140. The van der Waals surface area contributed by atoms with Crippen LogP contribution in [0.4, 0.5) is 23.0 Å². The lowest BCUT2D eigenvalue weighted by molar-refractivity contribution is 0.122. The van der Waals surface area contributed by atoms with Crippen LogP contribution >= 0.6 is 0 Å². The van der Waals surface area contributed by atoms with Crippen LogP contribution in [0.5, 0.6) is 0 Å². The number of rotatable bonds is 4. The van der Waals surface area contributed by atoms with E-state index in [1.165, 1.54) is 11.9 Å². The summed E-state index contributed by atoms with van der Waals surface area (Å²) in [6.45, 7) is 3.35. The van der Waals surface area contributed by atoms with Gasteiger partial charge in [-0.3, -0.25) is 4.98 Å². The molecule has 4 N–H and O–H groups in total. The second-order valence-electron chi connectivity index (χ2n) is 6.73. The highest BCUT2D eigenvalue weighted by Gasteiger charge is 2.13. The van der Waals surface area contributed by atoms with Gasteiger partial charge in [0.1, 0.15) is 17.2 Å². The molecule has 3 aromatic heterocycles. The lowest BCUT2D eigenvalue weighted by Gasteiger charge is -2.28. The van der Waals surface area contributed by atoms with Gasteiger partial charge in [0, 0.05) is 50.2 Å². The number of aromatic nitrogens is 5. The molecule has 1 aliphatic heterocycles. The normalized spacial score (nSPS) is 13.5. The molecule has 1 aliphatic rings. The Labute approximate surface area is 179 Å². The number of imidazole rings is 1. The van der Waals surface area contributed by atoms with Gasteiger partial charge in [0.25, 0.3) is 0 Å². The molecule has 0 aliphatic carbocycles. The largest absolute Gasteiger partial charge is 0.400 e. The van der Waals surface area contributed by atoms with Crippen LogP contribution in [-0.2, 0) is 4.74 Å². The van der Waals surface area contributed by atoms with Crippen LogP contribution in [0, 0.1) is 0 Å². The van der Waals surface area contributed by atoms with Gasteiger partial charge in [-0.2, -0.15) is 0 Å². The second-order valence-corrected chi connectivity index (χ2v) is 6.73. The van der Waals surface area contributed by atoms with E-state index < -0.39 is 0 Å². The van der Waals surface area contributed by atoms with Crippen molar-refractivity contribution in [2.24, 2.45) is 0 Å². The first-order chi connectivity index (χ1) is 15.3. The lowest BCUT2D eigenvalue weighted by atomic mass is 10.2. The summed E-state index contributed by atoms with van der Waals surface area (Å²) in [5.41, 5.74) is 9.87. The van der Waals surface area contributed by atoms with Crippen molar-refractivity contribution in [1.29, 1.82) is 0 Å². The van der Waals surface area contributed by atoms with Crippen LogP contribution in [0.25, 0.3) is 17.0 Å². The van der Waals surface area contributed by atoms with Crippen LogP contribution in [0.2, 0.25) is 0 Å². The predicted octanol–water partition coefficient (Wildman–Crippen LogP) is 1.96. The molecule has 0 spiro atoms. The molecule has 0 saturated carbocycles. The van der Waals surface area contributed by atoms with Gasteiger partial charge in [-0.25, -0.2) is 15.0 Å². The monoisotopic (exact) mass is 420 g/mol. The highest BCUT2D eigenvalue weighted by atomic mass is 16.5. The van der Waals surface area contributed by atoms with E-state index in [1.54, 1.807) is 12.4 Å². The number of fused-ring (bicyclic) bond motifs is 1. The molecule has 0 atom stereocenters. The van der Waals surface area contributed by atoms with Crippen molar-refractivity contribution in [3.63, 3.8) is 0 Å². The Kier molecular flexibility index (Phi) is 6.20. The van der Waals surface area contributed by atoms with E-state index in [9.17, 15) is 0 Å². The van der Waals surface area contributed by atoms with Crippen molar-refractivity contribution < 1.29 is 9.84 Å². The molecule has 0 bridgehead atoms. The highest BCUT2D eigenvalue weighted by molar-refractivity contribution is 5.73. The van der Waals surface area contributed by atoms with E-state index in [0.717, 1.165) is 44.7 Å². The van der Waals surface area contributed by atoms with Gasteiger partial charge in [0.2, 0.25) is 0 Å². The molecule has 160 valence electrons. The van der Waals surface area contributed by atoms with Crippen molar-refractivity contribution in [2.45, 2.75) is 0 Å². The zero-order valence-corrected chi connectivity index (χ0v) is 17.1. The Morgan fingerprint density at radius 2 is 1.81 bits per heavy atom. The van der Waals surface area contributed by atoms with E-state index in [-0.39, 0.29) is 0 Å². The number of aliphatic hydroxyl groups is 1. The fourth-order valence-corrected chi connectivity index (χ4v) is 3.36. The molecule has 4 heterocycles. The summed E-state index contributed by atoms with van der Waals surface area (Å²) in [5, 5.41) is 10.4. The topological polar surface area (TPSA) is 127 Å². The van der Waals surface area contributed by atoms with Crippen molar-refractivity contribution in [3.8, 4) is 11.4 Å². The molecule has 4 aromatic rings. The van der Waals surface area contributed by atoms with Crippen LogP contribution in [0.15, 0.2) is 55.2 Å². The summed E-state index contributed by atoms with van der Waals surface area (Å²) in [4.78, 5) is 19.9. The van der Waals surface area contributed by atoms with Gasteiger partial charge in [0.05, 0.1) is 25.6 Å². The molecule has 10 nitrogen and oxygen atoms in total. The van der Waals surface area contributed by atoms with E-state index in [0.29, 0.717) is 23.0 Å². The minimum atomic E-state index is 0.350. The van der Waals surface area contributed by atoms with Gasteiger partial charge < -0.3 is 30.2 Å². The summed E-state index contributed by atoms with van der Waals surface area (Å²) in [6, 6.07) is 8.28. The van der Waals surface area contributed by atoms with E-state index >= 15 is 0 Å². The predicted molar refractivity (Wildman–Crippen MR) is 119 cm³/mol. The number of aliphatic hydroxyl groups excluding tert-OH is 1. The van der Waals surface area contributed by atoms with Gasteiger partial charge >= 0.3 is 0 Å². The maximum atomic E-state index is 7.00. The number of nitrogen functional groups attached to an aromatic ring is 1. The van der Waals surface area contributed by atoms with Crippen molar-refractivity contribution in [1.82, 2.24) is 24.3 Å². The Hall–Kier alpha value is -3.76. The first kappa shape index (κ1) is 20.5. The third-order valence-electron chi connectivity index (χ3n) is 4.80. The molecule has 5 rings (SSSR count). The number of nitrogens with one attached hydrogen (secondary N) is 1. The number of benzene rings is 1. The summed E-state index contributed by atoms with van der Waals surface area (Å²) in [7, 11) is 1.00. The van der Waals surface area contributed by atoms with Crippen molar-refractivity contribution in [2.75, 3.05) is 49.4 Å². The SMILES string of the molecule is CO.Nc1cncc(-c2cn3ccnc3c(Nc3ccc(N4CCOCC4)cc3)n2)n1. The maximum Gasteiger partial charge on any atom is 0.180 e. The van der Waals surface area contributed by atoms with E-state index in [2.05, 4.69) is 37.3 Å². The fraction of sp³-hybridized carbons (Fsp3) is 0.238. The van der Waals surface area contributed by atoms with Gasteiger partial charge in [0.15, 0.2) is 11.5 Å². The second kappa shape index (κ2) is 9.37. The minimum absolute atomic E-state index is 0.350. The lowest BCUT2D eigenvalue weighted by Crippen LogP contribution is -2.36. The summed E-state index contributed by atoms with van der Waals surface area (Å²) < 4.78 is 7.32. The number of anilines is 4. The molecule has 0 amide bonds. The Balaban J connectivity index is 0.00000112. The van der Waals surface area contributed by atoms with Gasteiger partial charge in [-0.1, -0.05) is 0 Å². The molecule has 31 heavy (non-hydrogen) atoms. The van der Waals surface area contributed by atoms with E-state index in [4.69, 9.17) is 20.6 Å². The summed E-state index contributed by atoms with van der Waals surface area (Å²) in [5.74, 6) is 0.985. The molecular formula is C21H24N8O2. The number of morpholine rings is 1. The Morgan fingerprint density at radius 3 is 2.55 bits per heavy atom. The van der Waals surface area contributed by atoms with Crippen LogP contribution in [-0.4, -0.2) is 62.9 Å². The number of hydrogen-bond donors (Lipinski definition) is 3. The van der Waals surface area contributed by atoms with Crippen molar-refractivity contribution in [3.05, 3.63) is 55.2 Å². The number of hydrogen-bond acceptors (Lipinski definition) is 9. The number of ether oxygens (including phenoxy) is 1. The zero-order valence-electron chi connectivity index (χ0n) is 17.1. The van der Waals surface area contributed by atoms with Gasteiger partial charge in [-0.05, 0) is 24.3 Å².